The van der Waals surface area contributed by atoms with Crippen molar-refractivity contribution in [3.05, 3.63) is 45.4 Å². The van der Waals surface area contributed by atoms with Crippen LogP contribution in [0.2, 0.25) is 5.02 Å². The van der Waals surface area contributed by atoms with Gasteiger partial charge in [-0.1, -0.05) is 11.6 Å². The van der Waals surface area contributed by atoms with E-state index in [0.29, 0.717) is 15.7 Å². The second kappa shape index (κ2) is 6.68. The SMILES string of the molecule is CNC(=O)C1CCCc2sc(NC(=O)c3ccc(Cl)cc3)nc21. The van der Waals surface area contributed by atoms with Gasteiger partial charge in [0.2, 0.25) is 5.91 Å². The van der Waals surface area contributed by atoms with Gasteiger partial charge in [-0.3, -0.25) is 14.9 Å². The van der Waals surface area contributed by atoms with Crippen molar-refractivity contribution in [2.24, 2.45) is 0 Å². The van der Waals surface area contributed by atoms with Crippen LogP contribution < -0.4 is 10.6 Å². The van der Waals surface area contributed by atoms with Crippen molar-refractivity contribution in [2.75, 3.05) is 12.4 Å². The summed E-state index contributed by atoms with van der Waals surface area (Å²) in [5, 5.41) is 6.60. The Labute approximate surface area is 143 Å². The Bertz CT molecular complexity index is 742. The Hall–Kier alpha value is -1.92. The molecular formula is C16H16ClN3O2S. The molecule has 0 saturated carbocycles. The third-order valence-electron chi connectivity index (χ3n) is 3.84. The molecule has 1 aliphatic carbocycles. The number of amides is 2. The molecule has 2 aromatic rings. The van der Waals surface area contributed by atoms with Crippen molar-refractivity contribution in [2.45, 2.75) is 25.2 Å². The number of carbonyl (C=O) groups excluding carboxylic acids is 2. The van der Waals surface area contributed by atoms with E-state index in [1.54, 1.807) is 31.3 Å². The third kappa shape index (κ3) is 3.38. The van der Waals surface area contributed by atoms with Gasteiger partial charge in [0.15, 0.2) is 5.13 Å². The van der Waals surface area contributed by atoms with E-state index in [2.05, 4.69) is 15.6 Å². The second-order valence-corrected chi connectivity index (χ2v) is 6.87. The van der Waals surface area contributed by atoms with E-state index in [4.69, 9.17) is 11.6 Å². The molecule has 0 aliphatic heterocycles. The Morgan fingerprint density at radius 2 is 2.04 bits per heavy atom. The molecule has 1 aliphatic rings. The standard InChI is InChI=1S/C16H16ClN3O2S/c1-18-15(22)11-3-2-4-12-13(11)19-16(23-12)20-14(21)9-5-7-10(17)8-6-9/h5-8,11H,2-4H2,1H3,(H,18,22)(H,19,20,21). The van der Waals surface area contributed by atoms with E-state index in [-0.39, 0.29) is 17.7 Å². The summed E-state index contributed by atoms with van der Waals surface area (Å²) < 4.78 is 0. The summed E-state index contributed by atoms with van der Waals surface area (Å²) in [6.45, 7) is 0. The first-order valence-electron chi connectivity index (χ1n) is 7.36. The first kappa shape index (κ1) is 16.0. The van der Waals surface area contributed by atoms with Gasteiger partial charge >= 0.3 is 0 Å². The number of rotatable bonds is 3. The van der Waals surface area contributed by atoms with Crippen molar-refractivity contribution in [3.63, 3.8) is 0 Å². The number of anilines is 1. The zero-order valence-corrected chi connectivity index (χ0v) is 14.1. The van der Waals surface area contributed by atoms with E-state index in [1.807, 2.05) is 0 Å². The smallest absolute Gasteiger partial charge is 0.257 e. The minimum absolute atomic E-state index is 0.0215. The van der Waals surface area contributed by atoms with Crippen LogP contribution in [0.15, 0.2) is 24.3 Å². The zero-order chi connectivity index (χ0) is 16.4. The lowest BCUT2D eigenvalue weighted by Crippen LogP contribution is -2.28. The van der Waals surface area contributed by atoms with Crippen LogP contribution in [0.4, 0.5) is 5.13 Å². The fourth-order valence-corrected chi connectivity index (χ4v) is 3.86. The number of nitrogens with one attached hydrogen (secondary N) is 2. The van der Waals surface area contributed by atoms with E-state index in [0.717, 1.165) is 29.8 Å². The van der Waals surface area contributed by atoms with Gasteiger partial charge in [0.05, 0.1) is 11.6 Å². The number of halogens is 1. The second-order valence-electron chi connectivity index (χ2n) is 5.35. The minimum Gasteiger partial charge on any atom is -0.359 e. The number of hydrogen-bond donors (Lipinski definition) is 2. The van der Waals surface area contributed by atoms with Gasteiger partial charge < -0.3 is 5.32 Å². The number of nitrogens with zero attached hydrogens (tertiary/aromatic N) is 1. The summed E-state index contributed by atoms with van der Waals surface area (Å²) in [7, 11) is 1.63. The van der Waals surface area contributed by atoms with Crippen LogP contribution in [-0.2, 0) is 11.2 Å². The van der Waals surface area contributed by atoms with Crippen molar-refractivity contribution in [1.29, 1.82) is 0 Å². The van der Waals surface area contributed by atoms with E-state index in [9.17, 15) is 9.59 Å². The molecule has 1 atom stereocenters. The van der Waals surface area contributed by atoms with Crippen LogP contribution in [0, 0.1) is 0 Å². The molecule has 7 heteroatoms. The monoisotopic (exact) mass is 349 g/mol. The molecular weight excluding hydrogens is 334 g/mol. The minimum atomic E-state index is -0.232. The number of carbonyl (C=O) groups is 2. The van der Waals surface area contributed by atoms with Crippen molar-refractivity contribution >= 4 is 39.9 Å². The van der Waals surface area contributed by atoms with Crippen LogP contribution >= 0.6 is 22.9 Å². The van der Waals surface area contributed by atoms with Gasteiger partial charge in [-0.15, -0.1) is 11.3 Å². The number of aromatic nitrogens is 1. The molecule has 2 N–H and O–H groups in total. The number of likely N-dealkylation sites (N-methyl/N-ethyl adjacent to an activating group) is 1. The van der Waals surface area contributed by atoms with Crippen LogP contribution in [0.3, 0.4) is 0 Å². The Morgan fingerprint density at radius 3 is 2.74 bits per heavy atom. The van der Waals surface area contributed by atoms with Crippen LogP contribution in [0.25, 0.3) is 0 Å². The maximum Gasteiger partial charge on any atom is 0.257 e. The molecule has 1 aromatic carbocycles. The molecule has 1 aromatic heterocycles. The molecule has 0 fully saturated rings. The molecule has 1 unspecified atom stereocenters. The summed E-state index contributed by atoms with van der Waals surface area (Å²) >= 11 is 7.27. The topological polar surface area (TPSA) is 71.1 Å². The van der Waals surface area contributed by atoms with Gasteiger partial charge in [-0.2, -0.15) is 0 Å². The summed E-state index contributed by atoms with van der Waals surface area (Å²) in [6, 6.07) is 6.67. The molecule has 120 valence electrons. The lowest BCUT2D eigenvalue weighted by Gasteiger charge is -2.19. The number of hydrogen-bond acceptors (Lipinski definition) is 4. The van der Waals surface area contributed by atoms with Gasteiger partial charge in [0.25, 0.3) is 5.91 Å². The predicted octanol–water partition coefficient (Wildman–Crippen LogP) is 3.21. The average Bonchev–Trinajstić information content (AvgIpc) is 2.96. The molecule has 0 bridgehead atoms. The van der Waals surface area contributed by atoms with E-state index in [1.165, 1.54) is 11.3 Å². The highest BCUT2D eigenvalue weighted by molar-refractivity contribution is 7.15. The maximum atomic E-state index is 12.2. The molecule has 5 nitrogen and oxygen atoms in total. The van der Waals surface area contributed by atoms with Crippen molar-refractivity contribution in [1.82, 2.24) is 10.3 Å². The number of thiazole rings is 1. The van der Waals surface area contributed by atoms with Gasteiger partial charge in [0, 0.05) is 22.5 Å². The Kier molecular flexibility index (Phi) is 4.63. The molecule has 0 saturated heterocycles. The largest absolute Gasteiger partial charge is 0.359 e. The lowest BCUT2D eigenvalue weighted by molar-refractivity contribution is -0.122. The Balaban J connectivity index is 1.80. The third-order valence-corrected chi connectivity index (χ3v) is 5.14. The summed E-state index contributed by atoms with van der Waals surface area (Å²) in [5.41, 5.74) is 1.32. The van der Waals surface area contributed by atoms with Gasteiger partial charge in [-0.05, 0) is 43.5 Å². The highest BCUT2D eigenvalue weighted by atomic mass is 35.5. The molecule has 3 rings (SSSR count). The van der Waals surface area contributed by atoms with Crippen molar-refractivity contribution < 1.29 is 9.59 Å². The predicted molar refractivity (Wildman–Crippen MR) is 91.3 cm³/mol. The van der Waals surface area contributed by atoms with Gasteiger partial charge in [-0.25, -0.2) is 4.98 Å². The quantitative estimate of drug-likeness (QED) is 0.893. The van der Waals surface area contributed by atoms with E-state index >= 15 is 0 Å². The number of aryl methyl sites for hydroxylation is 1. The molecule has 2 amide bonds. The molecule has 1 heterocycles. The summed E-state index contributed by atoms with van der Waals surface area (Å²) in [5.74, 6) is -0.475. The van der Waals surface area contributed by atoms with Gasteiger partial charge in [0.1, 0.15) is 0 Å². The molecule has 0 radical (unpaired) electrons. The number of fused-ring (bicyclic) bond motifs is 1. The fourth-order valence-electron chi connectivity index (χ4n) is 2.67. The normalized spacial score (nSPS) is 16.5. The van der Waals surface area contributed by atoms with E-state index < -0.39 is 0 Å². The molecule has 23 heavy (non-hydrogen) atoms. The van der Waals surface area contributed by atoms with Crippen LogP contribution in [0.1, 0.15) is 39.7 Å². The maximum absolute atomic E-state index is 12.2. The summed E-state index contributed by atoms with van der Waals surface area (Å²) in [6.07, 6.45) is 2.65. The van der Waals surface area contributed by atoms with Crippen LogP contribution in [-0.4, -0.2) is 23.8 Å². The lowest BCUT2D eigenvalue weighted by atomic mass is 9.90. The first-order chi connectivity index (χ1) is 11.1. The average molecular weight is 350 g/mol. The first-order valence-corrected chi connectivity index (χ1v) is 8.56. The zero-order valence-electron chi connectivity index (χ0n) is 12.6. The Morgan fingerprint density at radius 1 is 1.30 bits per heavy atom. The van der Waals surface area contributed by atoms with Crippen molar-refractivity contribution in [3.8, 4) is 0 Å². The highest BCUT2D eigenvalue weighted by Gasteiger charge is 2.29. The highest BCUT2D eigenvalue weighted by Crippen LogP contribution is 2.36. The fraction of sp³-hybridized carbons (Fsp3) is 0.312. The molecule has 0 spiro atoms. The number of benzene rings is 1. The van der Waals surface area contributed by atoms with Crippen LogP contribution in [0.5, 0.6) is 0 Å². The summed E-state index contributed by atoms with van der Waals surface area (Å²) in [4.78, 5) is 29.8.